The van der Waals surface area contributed by atoms with Gasteiger partial charge in [-0.2, -0.15) is 4.31 Å². The number of rotatable bonds is 5. The summed E-state index contributed by atoms with van der Waals surface area (Å²) in [6.45, 7) is 0.603. The molecule has 2 bridgehead atoms. The average molecular weight is 464 g/mol. The number of anilines is 1. The highest BCUT2D eigenvalue weighted by molar-refractivity contribution is 7.89. The Bertz CT molecular complexity index is 1260. The van der Waals surface area contributed by atoms with E-state index in [-0.39, 0.29) is 18.4 Å². The Hall–Kier alpha value is -2.77. The maximum Gasteiger partial charge on any atom is 0.243 e. The second kappa shape index (κ2) is 9.23. The normalized spacial score (nSPS) is 21.5. The molecule has 1 saturated carbocycles. The van der Waals surface area contributed by atoms with Crippen LogP contribution in [0.5, 0.6) is 0 Å². The molecule has 7 heteroatoms. The first kappa shape index (κ1) is 22.0. The monoisotopic (exact) mass is 463 g/mol. The number of pyridine rings is 1. The number of benzene rings is 2. The van der Waals surface area contributed by atoms with E-state index in [1.54, 1.807) is 34.9 Å². The number of aromatic nitrogens is 1. The van der Waals surface area contributed by atoms with Crippen molar-refractivity contribution >= 4 is 32.4 Å². The van der Waals surface area contributed by atoms with Gasteiger partial charge in [0, 0.05) is 36.1 Å². The molecule has 2 heterocycles. The fourth-order valence-electron chi connectivity index (χ4n) is 5.37. The summed E-state index contributed by atoms with van der Waals surface area (Å²) in [5.74, 6) is 0.530. The van der Waals surface area contributed by atoms with Gasteiger partial charge in [-0.3, -0.25) is 9.78 Å². The van der Waals surface area contributed by atoms with Crippen molar-refractivity contribution in [1.82, 2.24) is 9.29 Å². The predicted molar refractivity (Wildman–Crippen MR) is 129 cm³/mol. The summed E-state index contributed by atoms with van der Waals surface area (Å²) >= 11 is 0. The SMILES string of the molecule is O=C(Cc1cccnc1)Nc1cccc2cc(S(=O)(=O)N3CCCC4CCCC3C4)ccc12. The molecule has 5 rings (SSSR count). The summed E-state index contributed by atoms with van der Waals surface area (Å²) in [6, 6.07) is 14.6. The molecular formula is C26H29N3O3S. The van der Waals surface area contributed by atoms with Gasteiger partial charge in [-0.1, -0.05) is 37.1 Å². The number of nitrogens with zero attached hydrogens (tertiary/aromatic N) is 2. The molecule has 2 unspecified atom stereocenters. The van der Waals surface area contributed by atoms with Crippen molar-refractivity contribution in [2.45, 2.75) is 55.9 Å². The third-order valence-electron chi connectivity index (χ3n) is 6.97. The van der Waals surface area contributed by atoms with Crippen LogP contribution in [0.3, 0.4) is 0 Å². The number of hydrogen-bond acceptors (Lipinski definition) is 4. The van der Waals surface area contributed by atoms with E-state index >= 15 is 0 Å². The molecule has 1 N–H and O–H groups in total. The number of amides is 1. The number of nitrogens with one attached hydrogen (secondary N) is 1. The first-order valence-electron chi connectivity index (χ1n) is 11.7. The van der Waals surface area contributed by atoms with Gasteiger partial charge in [-0.15, -0.1) is 0 Å². The predicted octanol–water partition coefficient (Wildman–Crippen LogP) is 4.76. The summed E-state index contributed by atoms with van der Waals surface area (Å²) in [6.07, 6.45) is 9.93. The van der Waals surface area contributed by atoms with E-state index in [0.29, 0.717) is 23.0 Å². The van der Waals surface area contributed by atoms with Crippen molar-refractivity contribution in [2.24, 2.45) is 5.92 Å². The largest absolute Gasteiger partial charge is 0.325 e. The van der Waals surface area contributed by atoms with Crippen LogP contribution in [0, 0.1) is 5.92 Å². The highest BCUT2D eigenvalue weighted by Crippen LogP contribution is 2.37. The van der Waals surface area contributed by atoms with Crippen molar-refractivity contribution < 1.29 is 13.2 Å². The molecule has 2 aromatic carbocycles. The summed E-state index contributed by atoms with van der Waals surface area (Å²) in [5, 5.41) is 4.59. The molecule has 0 radical (unpaired) electrons. The Labute approximate surface area is 195 Å². The van der Waals surface area contributed by atoms with Crippen LogP contribution in [0.1, 0.15) is 44.1 Å². The molecule has 2 aliphatic rings. The zero-order valence-corrected chi connectivity index (χ0v) is 19.4. The van der Waals surface area contributed by atoms with Crippen molar-refractivity contribution in [3.05, 3.63) is 66.5 Å². The molecule has 1 amide bonds. The maximum absolute atomic E-state index is 13.6. The Morgan fingerprint density at radius 2 is 1.94 bits per heavy atom. The Balaban J connectivity index is 1.40. The van der Waals surface area contributed by atoms with Gasteiger partial charge in [-0.05, 0) is 66.8 Å². The van der Waals surface area contributed by atoms with Gasteiger partial charge >= 0.3 is 0 Å². The van der Waals surface area contributed by atoms with Crippen LogP contribution in [-0.2, 0) is 21.2 Å². The van der Waals surface area contributed by atoms with Gasteiger partial charge < -0.3 is 5.32 Å². The molecule has 172 valence electrons. The molecule has 1 aliphatic carbocycles. The van der Waals surface area contributed by atoms with E-state index in [0.717, 1.165) is 48.4 Å². The first-order valence-corrected chi connectivity index (χ1v) is 13.2. The van der Waals surface area contributed by atoms with E-state index < -0.39 is 10.0 Å². The Morgan fingerprint density at radius 3 is 2.79 bits per heavy atom. The van der Waals surface area contributed by atoms with Gasteiger partial charge in [0.15, 0.2) is 0 Å². The van der Waals surface area contributed by atoms with Crippen LogP contribution in [0.15, 0.2) is 65.8 Å². The third-order valence-corrected chi connectivity index (χ3v) is 8.92. The Kier molecular flexibility index (Phi) is 6.17. The highest BCUT2D eigenvalue weighted by atomic mass is 32.2. The number of carbonyl (C=O) groups is 1. The van der Waals surface area contributed by atoms with Gasteiger partial charge in [0.25, 0.3) is 0 Å². The first-order chi connectivity index (χ1) is 16.0. The molecule has 1 aliphatic heterocycles. The molecular weight excluding hydrogens is 434 g/mol. The van der Waals surface area contributed by atoms with Crippen molar-refractivity contribution in [1.29, 1.82) is 0 Å². The van der Waals surface area contributed by atoms with Crippen LogP contribution < -0.4 is 5.32 Å². The quantitative estimate of drug-likeness (QED) is 0.592. The lowest BCUT2D eigenvalue weighted by atomic mass is 9.84. The summed E-state index contributed by atoms with van der Waals surface area (Å²) < 4.78 is 29.0. The van der Waals surface area contributed by atoms with Crippen LogP contribution in [0.2, 0.25) is 0 Å². The molecule has 2 atom stereocenters. The standard InChI is InChI=1S/C26H29N3O3S/c30-26(16-20-6-3-13-27-18-20)28-25-10-2-8-21-17-23(11-12-24(21)25)33(31,32)29-14-4-7-19-5-1-9-22(29)15-19/h2-3,6,8,10-13,17-19,22H,1,4-5,7,9,14-16H2,(H,28,30). The lowest BCUT2D eigenvalue weighted by molar-refractivity contribution is -0.115. The van der Waals surface area contributed by atoms with Crippen LogP contribution >= 0.6 is 0 Å². The molecule has 2 fully saturated rings. The number of hydrogen-bond donors (Lipinski definition) is 1. The molecule has 1 aromatic heterocycles. The highest BCUT2D eigenvalue weighted by Gasteiger charge is 2.36. The van der Waals surface area contributed by atoms with Crippen LogP contribution in [-0.4, -0.2) is 36.2 Å². The molecule has 33 heavy (non-hydrogen) atoms. The minimum Gasteiger partial charge on any atom is -0.325 e. The van der Waals surface area contributed by atoms with Gasteiger partial charge in [0.2, 0.25) is 15.9 Å². The lowest BCUT2D eigenvalue weighted by Crippen LogP contribution is -2.41. The maximum atomic E-state index is 13.6. The van der Waals surface area contributed by atoms with Gasteiger partial charge in [-0.25, -0.2) is 8.42 Å². The third kappa shape index (κ3) is 4.66. The minimum atomic E-state index is -3.57. The second-order valence-corrected chi connectivity index (χ2v) is 11.1. The van der Waals surface area contributed by atoms with E-state index in [1.807, 2.05) is 30.3 Å². The van der Waals surface area contributed by atoms with Gasteiger partial charge in [0.1, 0.15) is 0 Å². The topological polar surface area (TPSA) is 79.4 Å². The van der Waals surface area contributed by atoms with E-state index in [9.17, 15) is 13.2 Å². The smallest absolute Gasteiger partial charge is 0.243 e. The van der Waals surface area contributed by atoms with Crippen molar-refractivity contribution in [2.75, 3.05) is 11.9 Å². The fourth-order valence-corrected chi connectivity index (χ4v) is 7.11. The number of sulfonamides is 1. The Morgan fingerprint density at radius 1 is 1.06 bits per heavy atom. The molecule has 3 aromatic rings. The molecule has 1 saturated heterocycles. The average Bonchev–Trinajstić information content (AvgIpc) is 2.97. The number of fused-ring (bicyclic) bond motifs is 3. The van der Waals surface area contributed by atoms with Crippen molar-refractivity contribution in [3.63, 3.8) is 0 Å². The van der Waals surface area contributed by atoms with E-state index in [1.165, 1.54) is 6.42 Å². The second-order valence-electron chi connectivity index (χ2n) is 9.22. The fraction of sp³-hybridized carbons (Fsp3) is 0.385. The van der Waals surface area contributed by atoms with Crippen molar-refractivity contribution in [3.8, 4) is 0 Å². The summed E-state index contributed by atoms with van der Waals surface area (Å²) in [7, 11) is -3.57. The van der Waals surface area contributed by atoms with Crippen LogP contribution in [0.25, 0.3) is 10.8 Å². The minimum absolute atomic E-state index is 0.116. The van der Waals surface area contributed by atoms with Crippen LogP contribution in [0.4, 0.5) is 5.69 Å². The van der Waals surface area contributed by atoms with Gasteiger partial charge in [0.05, 0.1) is 11.3 Å². The zero-order valence-electron chi connectivity index (χ0n) is 18.6. The zero-order chi connectivity index (χ0) is 22.8. The number of carbonyl (C=O) groups excluding carboxylic acids is 1. The van der Waals surface area contributed by atoms with E-state index in [2.05, 4.69) is 10.3 Å². The summed E-state index contributed by atoms with van der Waals surface area (Å²) in [5.41, 5.74) is 1.52. The molecule has 6 nitrogen and oxygen atoms in total. The van der Waals surface area contributed by atoms with E-state index in [4.69, 9.17) is 0 Å². The molecule has 0 spiro atoms. The lowest BCUT2D eigenvalue weighted by Gasteiger charge is -2.33. The summed E-state index contributed by atoms with van der Waals surface area (Å²) in [4.78, 5) is 16.9.